The maximum Gasteiger partial charge on any atom is 0.251 e. The van der Waals surface area contributed by atoms with Crippen LogP contribution in [0.25, 0.3) is 0 Å². The van der Waals surface area contributed by atoms with E-state index in [9.17, 15) is 90.4 Å². The maximum absolute atomic E-state index is 14.0. The van der Waals surface area contributed by atoms with Crippen LogP contribution in [0, 0.1) is 0 Å². The zero-order chi connectivity index (χ0) is 72.5. The Morgan fingerprint density at radius 3 is 1.27 bits per heavy atom. The molecule has 566 valence electrons. The molecule has 30 atom stereocenters. The van der Waals surface area contributed by atoms with E-state index in [-0.39, 0.29) is 5.56 Å². The number of amides is 5. The molecule has 6 aliphatic heterocycles. The second-order valence-corrected chi connectivity index (χ2v) is 25.6. The minimum atomic E-state index is -2.06. The van der Waals surface area contributed by atoms with Crippen LogP contribution in [-0.2, 0) is 76.0 Å². The molecular formula is C63H103N5O31. The number of unbranched alkanes of at least 4 members (excludes halogenated alkanes) is 8. The molecule has 0 bridgehead atoms. The molecule has 6 saturated heterocycles. The number of carbonyl (C=O) groups excluding carboxylic acids is 5. The third-order valence-electron chi connectivity index (χ3n) is 18.2. The van der Waals surface area contributed by atoms with Crippen molar-refractivity contribution >= 4 is 29.5 Å². The van der Waals surface area contributed by atoms with Crippen LogP contribution in [0.1, 0.15) is 110 Å². The Bertz CT molecular complexity index is 2680. The van der Waals surface area contributed by atoms with Gasteiger partial charge in [-0.3, -0.25) is 24.0 Å². The van der Waals surface area contributed by atoms with Crippen molar-refractivity contribution in [2.45, 2.75) is 283 Å². The molecule has 16 unspecified atom stereocenters. The van der Waals surface area contributed by atoms with Crippen LogP contribution in [-0.4, -0.2) is 327 Å². The number of aliphatic hydroxyl groups is 13. The van der Waals surface area contributed by atoms with Gasteiger partial charge in [-0.25, -0.2) is 0 Å². The van der Waals surface area contributed by atoms with Gasteiger partial charge in [0, 0.05) is 40.4 Å². The summed E-state index contributed by atoms with van der Waals surface area (Å²) >= 11 is 0. The minimum Gasteiger partial charge on any atom is -0.494 e. The highest BCUT2D eigenvalue weighted by Crippen LogP contribution is 2.37. The lowest BCUT2D eigenvalue weighted by Crippen LogP contribution is -2.72. The van der Waals surface area contributed by atoms with E-state index in [1.54, 1.807) is 12.1 Å². The van der Waals surface area contributed by atoms with Gasteiger partial charge in [0.2, 0.25) is 23.6 Å². The number of rotatable bonds is 33. The van der Waals surface area contributed by atoms with Crippen molar-refractivity contribution in [1.82, 2.24) is 26.6 Å². The van der Waals surface area contributed by atoms with Gasteiger partial charge in [-0.15, -0.1) is 0 Å². The lowest BCUT2D eigenvalue weighted by Gasteiger charge is -2.51. The molecule has 0 aromatic heterocycles. The Labute approximate surface area is 572 Å². The molecule has 18 N–H and O–H groups in total. The number of hydrogen-bond acceptors (Lipinski definition) is 31. The quantitative estimate of drug-likeness (QED) is 0.0291. The largest absolute Gasteiger partial charge is 0.494 e. The van der Waals surface area contributed by atoms with Gasteiger partial charge in [-0.2, -0.15) is 0 Å². The molecule has 1 aromatic carbocycles. The van der Waals surface area contributed by atoms with Crippen molar-refractivity contribution in [1.29, 1.82) is 0 Å². The fourth-order valence-corrected chi connectivity index (χ4v) is 13.0. The molecule has 0 radical (unpaired) electrons. The van der Waals surface area contributed by atoms with Crippen molar-refractivity contribution < 1.29 is 152 Å². The third kappa shape index (κ3) is 21.1. The average molecular weight is 1430 g/mol. The monoisotopic (exact) mass is 1430 g/mol. The van der Waals surface area contributed by atoms with Gasteiger partial charge in [-0.1, -0.05) is 64.4 Å². The van der Waals surface area contributed by atoms with Crippen LogP contribution in [0.3, 0.4) is 0 Å². The summed E-state index contributed by atoms with van der Waals surface area (Å²) < 4.78 is 78.0. The fraction of sp³-hybridized carbons (Fsp3) is 0.825. The highest BCUT2D eigenvalue weighted by atomic mass is 16.8. The topological polar surface area (TPSA) is 528 Å². The van der Waals surface area contributed by atoms with Gasteiger partial charge in [-0.05, 0) is 31.5 Å². The van der Waals surface area contributed by atoms with E-state index in [2.05, 4.69) is 33.5 Å². The number of methoxy groups -OCH3 is 1. The summed E-state index contributed by atoms with van der Waals surface area (Å²) in [6.45, 7) is 3.61. The van der Waals surface area contributed by atoms with Crippen LogP contribution >= 0.6 is 0 Å². The lowest BCUT2D eigenvalue weighted by molar-refractivity contribution is -0.368. The predicted molar refractivity (Wildman–Crippen MR) is 333 cm³/mol. The molecule has 0 saturated carbocycles. The van der Waals surface area contributed by atoms with E-state index in [1.165, 1.54) is 58.3 Å². The van der Waals surface area contributed by atoms with Crippen molar-refractivity contribution in [3.63, 3.8) is 0 Å². The van der Waals surface area contributed by atoms with E-state index in [1.807, 2.05) is 0 Å². The molecule has 6 aliphatic rings. The first kappa shape index (κ1) is 81.7. The molecular weight excluding hydrogens is 1320 g/mol. The normalized spacial score (nSPS) is 39.5. The molecule has 5 amide bonds. The molecule has 0 aliphatic carbocycles. The molecule has 36 nitrogen and oxygen atoms in total. The molecule has 6 heterocycles. The second kappa shape index (κ2) is 38.8. The molecule has 7 rings (SSSR count). The van der Waals surface area contributed by atoms with E-state index in [4.69, 9.17) is 61.6 Å². The number of ether oxygens (including phenoxy) is 13. The highest BCUT2D eigenvalue weighted by molar-refractivity contribution is 5.94. The Hall–Kier alpha value is -4.63. The van der Waals surface area contributed by atoms with Crippen LogP contribution in [0.2, 0.25) is 0 Å². The van der Waals surface area contributed by atoms with Crippen molar-refractivity contribution in [2.75, 3.05) is 46.8 Å². The van der Waals surface area contributed by atoms with E-state index >= 15 is 0 Å². The summed E-state index contributed by atoms with van der Waals surface area (Å²) in [7, 11) is 1.21. The van der Waals surface area contributed by atoms with E-state index in [0.717, 1.165) is 53.4 Å². The van der Waals surface area contributed by atoms with Crippen LogP contribution < -0.4 is 31.3 Å². The number of nitrogens with one attached hydrogen (secondary N) is 5. The maximum atomic E-state index is 14.0. The minimum absolute atomic E-state index is 0.0622. The summed E-state index contributed by atoms with van der Waals surface area (Å²) in [5, 5.41) is 159. The van der Waals surface area contributed by atoms with E-state index in [0.29, 0.717) is 12.4 Å². The summed E-state index contributed by atoms with van der Waals surface area (Å²) in [6.07, 6.45) is -33.4. The first-order valence-electron chi connectivity index (χ1n) is 33.6. The fourth-order valence-electron chi connectivity index (χ4n) is 13.0. The summed E-state index contributed by atoms with van der Waals surface area (Å²) in [6, 6.07) is -2.38. The van der Waals surface area contributed by atoms with Crippen molar-refractivity contribution in [3.05, 3.63) is 29.8 Å². The van der Waals surface area contributed by atoms with Gasteiger partial charge in [0.25, 0.3) is 5.91 Å². The number of aliphatic hydroxyl groups excluding tert-OH is 13. The number of hydrogen-bond donors (Lipinski definition) is 18. The highest BCUT2D eigenvalue weighted by Gasteiger charge is 2.58. The zero-order valence-corrected chi connectivity index (χ0v) is 56.4. The Morgan fingerprint density at radius 1 is 0.434 bits per heavy atom. The predicted octanol–water partition coefficient (Wildman–Crippen LogP) is -6.50. The standard InChI is InChI=1S/C63H103N5O31/c1-8-9-10-11-12-13-14-15-16-20-88-33-19-17-18-32(21-33)57(85)68-40-46(79)45(78)34(22-69)92-59(40)96-52-35(23-70)93-60(41(48(52)81)65-29(4)74)97-53-36(24-71)94-61(42(49(53)82)66-30(5)75)98-54-37(25-72)95-62(43(50(54)83)67-31(6)76)99-55-38(91-58(86)39(47(55)80)64-28(3)73)26-89-63-56(87-7)51(84)44(77)27(2)90-63/h17-19,21,27,34-56,58-63,69-72,77-84,86H,8-16,20,22-26H2,1-7H3,(H,64,73)(H,65,74)(H,66,75)(H,67,76)(H,68,85)/t27?,34?,35?,36?,37?,38?,39-,40-,41?,42-,43?,44+,45+,46?,47+,48?,49+,50?,51?,52+,53?,54+,55?,56+,58+,59-,60?,61-,62?,63+/m0/s1. The third-order valence-corrected chi connectivity index (χ3v) is 18.2. The molecule has 36 heteroatoms. The van der Waals surface area contributed by atoms with Crippen molar-refractivity contribution in [2.24, 2.45) is 0 Å². The van der Waals surface area contributed by atoms with Crippen molar-refractivity contribution in [3.8, 4) is 5.75 Å². The van der Waals surface area contributed by atoms with Gasteiger partial charge in [0.05, 0.1) is 45.7 Å². The first-order chi connectivity index (χ1) is 47.2. The zero-order valence-electron chi connectivity index (χ0n) is 56.4. The Morgan fingerprint density at radius 2 is 0.838 bits per heavy atom. The first-order valence-corrected chi connectivity index (χ1v) is 33.6. The molecule has 0 spiro atoms. The van der Waals surface area contributed by atoms with Crippen LogP contribution in [0.15, 0.2) is 24.3 Å². The lowest BCUT2D eigenvalue weighted by atomic mass is 9.93. The number of carbonyl (C=O) groups is 5. The summed E-state index contributed by atoms with van der Waals surface area (Å²) in [5.41, 5.74) is 0.0622. The average Bonchev–Trinajstić information content (AvgIpc) is 0.772. The summed E-state index contributed by atoms with van der Waals surface area (Å²) in [5.74, 6) is -3.63. The molecule has 6 fully saturated rings. The van der Waals surface area contributed by atoms with E-state index < -0.39 is 246 Å². The Kier molecular flexibility index (Phi) is 32.0. The summed E-state index contributed by atoms with van der Waals surface area (Å²) in [4.78, 5) is 65.1. The second-order valence-electron chi connectivity index (χ2n) is 25.6. The van der Waals surface area contributed by atoms with Gasteiger partial charge < -0.3 is 155 Å². The smallest absolute Gasteiger partial charge is 0.251 e. The molecule has 1 aromatic rings. The Balaban J connectivity index is 1.07. The van der Waals surface area contributed by atoms with Crippen LogP contribution in [0.4, 0.5) is 0 Å². The van der Waals surface area contributed by atoms with Gasteiger partial charge in [0.1, 0.15) is 146 Å². The number of benzene rings is 1. The molecule has 99 heavy (non-hydrogen) atoms. The SMILES string of the molecule is CCCCCCCCCCCOc1cccc(C(=O)N[C@H]2C(O)[C@H](O)C(CO)O[C@H]2O[C@@H]2C(CO)OC(OC3C(CO)O[C@@H](O[C@@H]4C(CO)OC(OC5C(CO[C@@H]6OC(C)[C@@H](O)C(O)[C@H]6OC)O[C@@H](O)[C@@H](NC(C)=O)[C@H]5O)C(NC(C)=O)C4O)[C@@H](NC(C)=O)[C@H]3O)C(NC(C)=O)C2O)c1. The van der Waals surface area contributed by atoms with Crippen LogP contribution in [0.5, 0.6) is 5.75 Å². The van der Waals surface area contributed by atoms with Gasteiger partial charge >= 0.3 is 0 Å². The van der Waals surface area contributed by atoms with Gasteiger partial charge in [0.15, 0.2) is 37.7 Å².